The summed E-state index contributed by atoms with van der Waals surface area (Å²) in [7, 11) is 0. The van der Waals surface area contributed by atoms with E-state index in [0.717, 1.165) is 48.5 Å². The lowest BCUT2D eigenvalue weighted by molar-refractivity contribution is -0.315. The fourth-order valence-corrected chi connectivity index (χ4v) is 11.8. The van der Waals surface area contributed by atoms with Crippen molar-refractivity contribution in [2.45, 2.75) is 121 Å². The summed E-state index contributed by atoms with van der Waals surface area (Å²) in [6, 6.07) is 0.773. The first-order valence-corrected chi connectivity index (χ1v) is 16.8. The van der Waals surface area contributed by atoms with Crippen molar-refractivity contribution in [2.75, 3.05) is 19.7 Å². The summed E-state index contributed by atoms with van der Waals surface area (Å²) in [5.74, 6) is 6.08. The summed E-state index contributed by atoms with van der Waals surface area (Å²) in [5, 5.41) is 40.4. The number of ether oxygens (including phenoxy) is 2. The summed E-state index contributed by atoms with van der Waals surface area (Å²) in [6.45, 7) is 9.41. The van der Waals surface area contributed by atoms with Crippen molar-refractivity contribution in [3.8, 4) is 0 Å². The quantitative estimate of drug-likeness (QED) is 0.379. The smallest absolute Gasteiger partial charge is 0.186 e. The molecule has 0 aromatic rings. The number of aliphatic hydroxyl groups excluding tert-OH is 4. The van der Waals surface area contributed by atoms with Gasteiger partial charge >= 0.3 is 0 Å². The van der Waals surface area contributed by atoms with Crippen LogP contribution in [-0.4, -0.2) is 93.7 Å². The summed E-state index contributed by atoms with van der Waals surface area (Å²) in [5.41, 5.74) is -0.0233. The van der Waals surface area contributed by atoms with Gasteiger partial charge in [0.2, 0.25) is 0 Å². The molecule has 7 fully saturated rings. The molecule has 8 nitrogen and oxygen atoms in total. The Morgan fingerprint density at radius 3 is 2.46 bits per heavy atom. The van der Waals surface area contributed by atoms with Gasteiger partial charge in [0.05, 0.1) is 12.7 Å². The average molecular weight is 576 g/mol. The Morgan fingerprint density at radius 2 is 1.68 bits per heavy atom. The van der Waals surface area contributed by atoms with Gasteiger partial charge < -0.3 is 29.9 Å². The molecule has 4 aliphatic carbocycles. The standard InChI is InChI=1S/C33H53NO7/c1-16-4-7-26-17(2)19-5-6-20-21(23(19)14-34(26)13-16)11-24-22(20)12-27(36)25-10-18(8-9-33(24,25)3)40-32-31(39)30(38)29(37)28(15-35)41-32/h16-26,28-32,35,37-39H,4-15H2,1-3H3/t16-,17+,18+,19-,20-,21-,22+,23-,24+,25-,26+,28-,29-,30+,31-,32-,33-/m1/s1. The Labute approximate surface area is 245 Å². The lowest BCUT2D eigenvalue weighted by Crippen LogP contribution is -2.60. The predicted molar refractivity (Wildman–Crippen MR) is 151 cm³/mol. The topological polar surface area (TPSA) is 120 Å². The SMILES string of the molecule is C[C@@H]1CC[C@H]2[C@@H](C)[C@H]3CC[C@@H]4[C@@H](C[C@H]5[C@H]4CC(=O)[C@H]4C[C@@H](O[C@@H]6O[C@H](CO)[C@@H](O)[C@H](O)[C@H]6O)CC[C@@]45C)[C@@H]3CN2C1. The van der Waals surface area contributed by atoms with Crippen molar-refractivity contribution in [3.63, 3.8) is 0 Å². The zero-order chi connectivity index (χ0) is 28.8. The van der Waals surface area contributed by atoms with Gasteiger partial charge in [0.15, 0.2) is 6.29 Å². The molecule has 7 rings (SSSR count). The molecule has 7 aliphatic rings. The van der Waals surface area contributed by atoms with E-state index in [1.54, 1.807) is 0 Å². The lowest BCUT2D eigenvalue weighted by Gasteiger charge is -2.56. The first kappa shape index (κ1) is 29.1. The molecule has 3 aliphatic heterocycles. The molecule has 3 heterocycles. The Hall–Kier alpha value is -0.610. The Morgan fingerprint density at radius 1 is 0.902 bits per heavy atom. The number of aliphatic hydroxyl groups is 4. The van der Waals surface area contributed by atoms with E-state index >= 15 is 0 Å². The van der Waals surface area contributed by atoms with Gasteiger partial charge in [-0.3, -0.25) is 9.69 Å². The normalized spacial score (nSPS) is 57.2. The number of nitrogens with zero attached hydrogens (tertiary/aromatic N) is 1. The number of carbonyl (C=O) groups excluding carboxylic acids is 1. The number of hydrogen-bond donors (Lipinski definition) is 4. The van der Waals surface area contributed by atoms with E-state index in [4.69, 9.17) is 9.47 Å². The van der Waals surface area contributed by atoms with E-state index in [1.807, 2.05) is 0 Å². The number of fused-ring (bicyclic) bond motifs is 8. The van der Waals surface area contributed by atoms with Crippen LogP contribution >= 0.6 is 0 Å². The minimum atomic E-state index is -1.45. The van der Waals surface area contributed by atoms with Crippen molar-refractivity contribution in [1.29, 1.82) is 0 Å². The monoisotopic (exact) mass is 575 g/mol. The van der Waals surface area contributed by atoms with Crippen molar-refractivity contribution < 1.29 is 34.7 Å². The van der Waals surface area contributed by atoms with Gasteiger partial charge in [-0.2, -0.15) is 0 Å². The molecule has 0 aromatic heterocycles. The van der Waals surface area contributed by atoms with Gasteiger partial charge in [0.25, 0.3) is 0 Å². The van der Waals surface area contributed by atoms with Crippen LogP contribution in [0.5, 0.6) is 0 Å². The molecule has 0 aromatic carbocycles. The van der Waals surface area contributed by atoms with Crippen LogP contribution in [0.4, 0.5) is 0 Å². The van der Waals surface area contributed by atoms with Crippen LogP contribution in [0.3, 0.4) is 0 Å². The van der Waals surface area contributed by atoms with Crippen molar-refractivity contribution in [2.24, 2.45) is 58.7 Å². The number of hydrogen-bond acceptors (Lipinski definition) is 8. The number of rotatable bonds is 3. The summed E-state index contributed by atoms with van der Waals surface area (Å²) < 4.78 is 11.8. The molecule has 0 spiro atoms. The highest BCUT2D eigenvalue weighted by Crippen LogP contribution is 2.66. The van der Waals surface area contributed by atoms with Crippen molar-refractivity contribution >= 4 is 5.78 Å². The number of carbonyl (C=O) groups is 1. The maximum Gasteiger partial charge on any atom is 0.186 e. The molecule has 232 valence electrons. The van der Waals surface area contributed by atoms with Crippen LogP contribution in [0.1, 0.15) is 78.6 Å². The Balaban J connectivity index is 1.06. The van der Waals surface area contributed by atoms with E-state index in [1.165, 1.54) is 45.2 Å². The minimum Gasteiger partial charge on any atom is -0.394 e. The molecule has 0 radical (unpaired) electrons. The van der Waals surface area contributed by atoms with Gasteiger partial charge in [0.1, 0.15) is 30.2 Å². The van der Waals surface area contributed by atoms with Gasteiger partial charge in [-0.15, -0.1) is 0 Å². The second kappa shape index (κ2) is 10.8. The van der Waals surface area contributed by atoms with Gasteiger partial charge in [-0.05, 0) is 104 Å². The zero-order valence-corrected chi connectivity index (χ0v) is 25.2. The molecule has 3 saturated heterocycles. The minimum absolute atomic E-state index is 0.0233. The fourth-order valence-electron chi connectivity index (χ4n) is 11.8. The highest BCUT2D eigenvalue weighted by Gasteiger charge is 2.63. The van der Waals surface area contributed by atoms with Gasteiger partial charge in [0, 0.05) is 31.5 Å². The number of ketones is 1. The third-order valence-corrected chi connectivity index (χ3v) is 13.9. The molecular formula is C33H53NO7. The van der Waals surface area contributed by atoms with E-state index in [0.29, 0.717) is 36.4 Å². The van der Waals surface area contributed by atoms with Gasteiger partial charge in [-0.25, -0.2) is 0 Å². The molecule has 8 heteroatoms. The van der Waals surface area contributed by atoms with Crippen LogP contribution in [-0.2, 0) is 14.3 Å². The lowest BCUT2D eigenvalue weighted by atomic mass is 9.51. The highest BCUT2D eigenvalue weighted by atomic mass is 16.7. The predicted octanol–water partition coefficient (Wildman–Crippen LogP) is 2.60. The molecule has 0 bridgehead atoms. The Kier molecular flexibility index (Phi) is 7.66. The molecule has 0 amide bonds. The number of piperidine rings is 2. The molecular weight excluding hydrogens is 522 g/mol. The fraction of sp³-hybridized carbons (Fsp3) is 0.970. The third kappa shape index (κ3) is 4.60. The summed E-state index contributed by atoms with van der Waals surface area (Å²) in [6.07, 6.45) is 3.05. The zero-order valence-electron chi connectivity index (χ0n) is 25.2. The van der Waals surface area contributed by atoms with Crippen molar-refractivity contribution in [1.82, 2.24) is 4.90 Å². The maximum atomic E-state index is 13.9. The van der Waals surface area contributed by atoms with Crippen LogP contribution in [0, 0.1) is 58.7 Å². The van der Waals surface area contributed by atoms with Gasteiger partial charge in [-0.1, -0.05) is 20.8 Å². The molecule has 0 unspecified atom stereocenters. The first-order valence-electron chi connectivity index (χ1n) is 16.8. The molecule has 4 saturated carbocycles. The highest BCUT2D eigenvalue weighted by molar-refractivity contribution is 5.83. The van der Waals surface area contributed by atoms with Crippen LogP contribution in [0.2, 0.25) is 0 Å². The average Bonchev–Trinajstić information content (AvgIpc) is 3.34. The molecule has 41 heavy (non-hydrogen) atoms. The second-order valence-corrected chi connectivity index (χ2v) is 15.8. The second-order valence-electron chi connectivity index (χ2n) is 15.8. The molecule has 17 atom stereocenters. The summed E-state index contributed by atoms with van der Waals surface area (Å²) >= 11 is 0. The first-order chi connectivity index (χ1) is 19.6. The largest absolute Gasteiger partial charge is 0.394 e. The summed E-state index contributed by atoms with van der Waals surface area (Å²) in [4.78, 5) is 16.7. The van der Waals surface area contributed by atoms with E-state index in [9.17, 15) is 25.2 Å². The Bertz CT molecular complexity index is 991. The van der Waals surface area contributed by atoms with E-state index in [-0.39, 0.29) is 17.4 Å². The molecule has 4 N–H and O–H groups in total. The van der Waals surface area contributed by atoms with Crippen LogP contribution in [0.15, 0.2) is 0 Å². The maximum absolute atomic E-state index is 13.9. The van der Waals surface area contributed by atoms with Crippen LogP contribution in [0.25, 0.3) is 0 Å². The van der Waals surface area contributed by atoms with Crippen LogP contribution < -0.4 is 0 Å². The van der Waals surface area contributed by atoms with Crippen molar-refractivity contribution in [3.05, 3.63) is 0 Å². The van der Waals surface area contributed by atoms with E-state index < -0.39 is 37.3 Å². The third-order valence-electron chi connectivity index (χ3n) is 13.9. The number of Topliss-reactive ketones (excluding diaryl/α,β-unsaturated/α-hetero) is 1. The van der Waals surface area contributed by atoms with E-state index in [2.05, 4.69) is 25.7 Å².